The fourth-order valence-corrected chi connectivity index (χ4v) is 2.92. The van der Waals surface area contributed by atoms with Crippen LogP contribution in [0.1, 0.15) is 46.6 Å². The van der Waals surface area contributed by atoms with Crippen LogP contribution in [-0.4, -0.2) is 11.4 Å². The summed E-state index contributed by atoms with van der Waals surface area (Å²) in [6, 6.07) is 1.99. The molecular weight excluding hydrogens is 242 g/mol. The van der Waals surface area contributed by atoms with Gasteiger partial charge >= 0.3 is 0 Å². The third kappa shape index (κ3) is 6.01. The summed E-state index contributed by atoms with van der Waals surface area (Å²) in [7, 11) is 0. The molecule has 1 aromatic heterocycles. The molecule has 0 aliphatic heterocycles. The van der Waals surface area contributed by atoms with Crippen molar-refractivity contribution in [1.82, 2.24) is 5.32 Å². The number of amides is 1. The molecule has 3 heteroatoms. The van der Waals surface area contributed by atoms with E-state index < -0.39 is 0 Å². The lowest BCUT2D eigenvalue weighted by molar-refractivity contribution is -0.118. The van der Waals surface area contributed by atoms with Gasteiger partial charge in [-0.1, -0.05) is 20.8 Å². The average molecular weight is 265 g/mol. The summed E-state index contributed by atoms with van der Waals surface area (Å²) >= 11 is 1.63. The molecule has 0 saturated carbocycles. The normalized spacial score (nSPS) is 12.9. The molecule has 0 aliphatic carbocycles. The molecule has 1 rings (SSSR count). The van der Waals surface area contributed by atoms with Crippen molar-refractivity contribution in [2.75, 3.05) is 0 Å². The second-order valence-electron chi connectivity index (χ2n) is 6.50. The van der Waals surface area contributed by atoms with Crippen molar-refractivity contribution in [3.8, 4) is 0 Å². The van der Waals surface area contributed by atoms with Crippen molar-refractivity contribution in [2.45, 2.75) is 46.6 Å². The lowest BCUT2D eigenvalue weighted by atomic mass is 9.82. The Morgan fingerprint density at radius 2 is 2.00 bits per heavy atom. The molecule has 0 atom stereocenters. The van der Waals surface area contributed by atoms with E-state index in [1.807, 2.05) is 22.9 Å². The molecule has 100 valence electrons. The lowest BCUT2D eigenvalue weighted by Gasteiger charge is -2.32. The largest absolute Gasteiger partial charge is 0.348 e. The molecule has 18 heavy (non-hydrogen) atoms. The molecule has 0 radical (unpaired) electrons. The van der Waals surface area contributed by atoms with E-state index in [9.17, 15) is 4.79 Å². The second-order valence-corrected chi connectivity index (χ2v) is 7.28. The van der Waals surface area contributed by atoms with Crippen LogP contribution < -0.4 is 5.32 Å². The topological polar surface area (TPSA) is 29.1 Å². The summed E-state index contributed by atoms with van der Waals surface area (Å²) < 4.78 is 0. The highest BCUT2D eigenvalue weighted by Gasteiger charge is 2.26. The van der Waals surface area contributed by atoms with E-state index in [2.05, 4.69) is 39.9 Å². The number of carbonyl (C=O) groups is 1. The van der Waals surface area contributed by atoms with Gasteiger partial charge in [-0.25, -0.2) is 0 Å². The van der Waals surface area contributed by atoms with Crippen molar-refractivity contribution < 1.29 is 4.79 Å². The molecule has 1 aromatic rings. The van der Waals surface area contributed by atoms with Gasteiger partial charge in [-0.05, 0) is 54.1 Å². The quantitative estimate of drug-likeness (QED) is 0.816. The van der Waals surface area contributed by atoms with Crippen LogP contribution in [-0.2, 0) is 4.79 Å². The predicted octanol–water partition coefficient (Wildman–Crippen LogP) is 4.09. The van der Waals surface area contributed by atoms with Crippen LogP contribution in [0.15, 0.2) is 22.9 Å². The zero-order valence-electron chi connectivity index (χ0n) is 11.9. The van der Waals surface area contributed by atoms with Crippen molar-refractivity contribution in [3.63, 3.8) is 0 Å². The monoisotopic (exact) mass is 265 g/mol. The van der Waals surface area contributed by atoms with E-state index in [-0.39, 0.29) is 16.9 Å². The first-order valence-electron chi connectivity index (χ1n) is 6.20. The van der Waals surface area contributed by atoms with Gasteiger partial charge in [0.25, 0.3) is 0 Å². The molecule has 0 spiro atoms. The Balaban J connectivity index is 2.54. The highest BCUT2D eigenvalue weighted by atomic mass is 32.1. The van der Waals surface area contributed by atoms with Crippen LogP contribution in [0.25, 0.3) is 6.08 Å². The number of thiophene rings is 1. The summed E-state index contributed by atoms with van der Waals surface area (Å²) in [6.45, 7) is 10.7. The molecule has 0 unspecified atom stereocenters. The van der Waals surface area contributed by atoms with Crippen LogP contribution in [0.2, 0.25) is 0 Å². The summed E-state index contributed by atoms with van der Waals surface area (Å²) in [5.74, 6) is -0.0320. The van der Waals surface area contributed by atoms with Crippen molar-refractivity contribution >= 4 is 23.3 Å². The van der Waals surface area contributed by atoms with Gasteiger partial charge in [-0.2, -0.15) is 11.3 Å². The van der Waals surface area contributed by atoms with Crippen molar-refractivity contribution in [1.29, 1.82) is 0 Å². The standard InChI is InChI=1S/C15H23NOS/c1-14(2,3)11-15(4,5)16-13(17)7-6-12-8-9-18-10-12/h6-10H,11H2,1-5H3,(H,16,17)/b7-6+. The molecule has 0 saturated heterocycles. The molecule has 0 fully saturated rings. The molecule has 0 aromatic carbocycles. The van der Waals surface area contributed by atoms with Crippen molar-refractivity contribution in [2.24, 2.45) is 5.41 Å². The predicted molar refractivity (Wildman–Crippen MR) is 79.6 cm³/mol. The van der Waals surface area contributed by atoms with Crippen LogP contribution in [0, 0.1) is 5.41 Å². The van der Waals surface area contributed by atoms with Gasteiger partial charge in [0, 0.05) is 11.6 Å². The average Bonchev–Trinajstić information content (AvgIpc) is 2.61. The zero-order chi connectivity index (χ0) is 13.8. The van der Waals surface area contributed by atoms with Crippen LogP contribution in [0.4, 0.5) is 0 Å². The van der Waals surface area contributed by atoms with Crippen molar-refractivity contribution in [3.05, 3.63) is 28.5 Å². The first-order chi connectivity index (χ1) is 8.18. The second kappa shape index (κ2) is 5.70. The van der Waals surface area contributed by atoms with E-state index in [0.29, 0.717) is 0 Å². The van der Waals surface area contributed by atoms with Crippen LogP contribution in [0.5, 0.6) is 0 Å². The number of nitrogens with one attached hydrogen (secondary N) is 1. The molecule has 0 bridgehead atoms. The minimum atomic E-state index is -0.186. The Bertz CT molecular complexity index is 410. The van der Waals surface area contributed by atoms with Gasteiger partial charge in [0.2, 0.25) is 5.91 Å². The number of hydrogen-bond acceptors (Lipinski definition) is 2. The molecule has 1 heterocycles. The van der Waals surface area contributed by atoms with Gasteiger partial charge in [-0.3, -0.25) is 4.79 Å². The summed E-state index contributed by atoms with van der Waals surface area (Å²) in [5.41, 5.74) is 1.09. The van der Waals surface area contributed by atoms with Gasteiger partial charge < -0.3 is 5.32 Å². The van der Waals surface area contributed by atoms with Gasteiger partial charge in [0.05, 0.1) is 0 Å². The fraction of sp³-hybridized carbons (Fsp3) is 0.533. The summed E-state index contributed by atoms with van der Waals surface area (Å²) in [4.78, 5) is 11.8. The van der Waals surface area contributed by atoms with Crippen LogP contribution in [0.3, 0.4) is 0 Å². The fourth-order valence-electron chi connectivity index (χ4n) is 2.29. The highest BCUT2D eigenvalue weighted by molar-refractivity contribution is 7.08. The third-order valence-electron chi connectivity index (χ3n) is 2.40. The maximum absolute atomic E-state index is 11.8. The Labute approximate surface area is 114 Å². The minimum Gasteiger partial charge on any atom is -0.348 e. The first-order valence-corrected chi connectivity index (χ1v) is 7.15. The zero-order valence-corrected chi connectivity index (χ0v) is 12.7. The third-order valence-corrected chi connectivity index (χ3v) is 3.11. The number of rotatable bonds is 4. The van der Waals surface area contributed by atoms with Gasteiger partial charge in [-0.15, -0.1) is 0 Å². The molecular formula is C15H23NOS. The lowest BCUT2D eigenvalue weighted by Crippen LogP contribution is -2.45. The highest BCUT2D eigenvalue weighted by Crippen LogP contribution is 2.26. The number of hydrogen-bond donors (Lipinski definition) is 1. The SMILES string of the molecule is CC(C)(C)CC(C)(C)NC(=O)/C=C/c1ccsc1. The first kappa shape index (κ1) is 15.0. The van der Waals surface area contributed by atoms with E-state index in [0.717, 1.165) is 12.0 Å². The molecule has 0 aliphatic rings. The van der Waals surface area contributed by atoms with E-state index in [1.54, 1.807) is 17.4 Å². The molecule has 1 amide bonds. The Morgan fingerprint density at radius 3 is 2.50 bits per heavy atom. The van der Waals surface area contributed by atoms with E-state index in [4.69, 9.17) is 0 Å². The maximum Gasteiger partial charge on any atom is 0.244 e. The Morgan fingerprint density at radius 1 is 1.33 bits per heavy atom. The summed E-state index contributed by atoms with van der Waals surface area (Å²) in [5, 5.41) is 7.07. The van der Waals surface area contributed by atoms with E-state index in [1.165, 1.54) is 0 Å². The number of carbonyl (C=O) groups excluding carboxylic acids is 1. The minimum absolute atomic E-state index is 0.0320. The van der Waals surface area contributed by atoms with Crippen LogP contribution >= 0.6 is 11.3 Å². The van der Waals surface area contributed by atoms with Gasteiger partial charge in [0.1, 0.15) is 0 Å². The molecule has 1 N–H and O–H groups in total. The Hall–Kier alpha value is -1.09. The molecule has 2 nitrogen and oxygen atoms in total. The van der Waals surface area contributed by atoms with Gasteiger partial charge in [0.15, 0.2) is 0 Å². The van der Waals surface area contributed by atoms with E-state index >= 15 is 0 Å². The smallest absolute Gasteiger partial charge is 0.244 e. The summed E-state index contributed by atoms with van der Waals surface area (Å²) in [6.07, 6.45) is 4.39. The Kier molecular flexibility index (Phi) is 4.74. The maximum atomic E-state index is 11.8.